The lowest BCUT2D eigenvalue weighted by molar-refractivity contribution is -0.150. The lowest BCUT2D eigenvalue weighted by atomic mass is 9.99. The number of methoxy groups -OCH3 is 2. The Labute approximate surface area is 105 Å². The van der Waals surface area contributed by atoms with Crippen molar-refractivity contribution in [1.29, 1.82) is 0 Å². The number of carbonyl (C=O) groups excluding carboxylic acids is 1. The number of ether oxygens (including phenoxy) is 2. The Kier molecular flexibility index (Phi) is 3.48. The van der Waals surface area contributed by atoms with Gasteiger partial charge in [-0.3, -0.25) is 0 Å². The molecule has 1 atom stereocenters. The summed E-state index contributed by atoms with van der Waals surface area (Å²) >= 11 is 0. The van der Waals surface area contributed by atoms with Crippen LogP contribution in [0.15, 0.2) is 36.4 Å². The molecule has 0 spiro atoms. The first-order valence-corrected chi connectivity index (χ1v) is 5.50. The molecule has 94 valence electrons. The molecule has 0 aromatic heterocycles. The molecule has 1 N–H and O–H groups in total. The number of hydrogen-bond acceptors (Lipinski definition) is 4. The summed E-state index contributed by atoms with van der Waals surface area (Å²) in [5, 5.41) is 11.7. The molecule has 0 amide bonds. The van der Waals surface area contributed by atoms with Gasteiger partial charge in [-0.2, -0.15) is 0 Å². The van der Waals surface area contributed by atoms with Gasteiger partial charge in [0.25, 0.3) is 0 Å². The first-order chi connectivity index (χ1) is 8.69. The van der Waals surface area contributed by atoms with Gasteiger partial charge in [-0.1, -0.05) is 30.3 Å². The van der Waals surface area contributed by atoms with E-state index < -0.39 is 12.1 Å². The Morgan fingerprint density at radius 2 is 1.89 bits per heavy atom. The molecule has 0 bridgehead atoms. The summed E-state index contributed by atoms with van der Waals surface area (Å²) in [4.78, 5) is 11.5. The molecule has 0 fully saturated rings. The van der Waals surface area contributed by atoms with Crippen LogP contribution in [0, 0.1) is 0 Å². The number of rotatable bonds is 3. The molecular weight excluding hydrogens is 232 g/mol. The fraction of sp³-hybridized carbons (Fsp3) is 0.214. The highest BCUT2D eigenvalue weighted by Gasteiger charge is 2.24. The Balaban J connectivity index is 2.68. The maximum atomic E-state index is 11.5. The van der Waals surface area contributed by atoms with Gasteiger partial charge in [-0.15, -0.1) is 0 Å². The third-order valence-electron chi connectivity index (χ3n) is 2.85. The van der Waals surface area contributed by atoms with Crippen molar-refractivity contribution in [3.63, 3.8) is 0 Å². The standard InChI is InChI=1S/C14H14O4/c1-17-11-8-7-9-5-3-4-6-10(9)12(11)13(15)14(16)18-2/h3-8,13,15H,1-2H3. The molecule has 1 unspecified atom stereocenters. The first kappa shape index (κ1) is 12.4. The molecule has 0 saturated heterocycles. The molecular formula is C14H14O4. The molecule has 0 aliphatic heterocycles. The normalized spacial score (nSPS) is 12.2. The van der Waals surface area contributed by atoms with Crippen molar-refractivity contribution in [2.24, 2.45) is 0 Å². The van der Waals surface area contributed by atoms with E-state index >= 15 is 0 Å². The summed E-state index contributed by atoms with van der Waals surface area (Å²) in [5.74, 6) is -0.240. The maximum Gasteiger partial charge on any atom is 0.339 e. The average Bonchev–Trinajstić information content (AvgIpc) is 2.44. The summed E-state index contributed by atoms with van der Waals surface area (Å²) in [7, 11) is 2.74. The number of carbonyl (C=O) groups is 1. The van der Waals surface area contributed by atoms with E-state index in [1.54, 1.807) is 6.07 Å². The van der Waals surface area contributed by atoms with Crippen LogP contribution < -0.4 is 4.74 Å². The summed E-state index contributed by atoms with van der Waals surface area (Å²) in [6, 6.07) is 11.1. The minimum Gasteiger partial charge on any atom is -0.496 e. The van der Waals surface area contributed by atoms with Crippen molar-refractivity contribution >= 4 is 16.7 Å². The fourth-order valence-electron chi connectivity index (χ4n) is 1.97. The number of hydrogen-bond donors (Lipinski definition) is 1. The summed E-state index contributed by atoms with van der Waals surface area (Å²) in [6.07, 6.45) is -1.35. The van der Waals surface area contributed by atoms with E-state index in [1.807, 2.05) is 30.3 Å². The lowest BCUT2D eigenvalue weighted by Crippen LogP contribution is -2.14. The van der Waals surface area contributed by atoms with Gasteiger partial charge in [0, 0.05) is 5.56 Å². The van der Waals surface area contributed by atoms with Crippen LogP contribution in [0.25, 0.3) is 10.8 Å². The van der Waals surface area contributed by atoms with Crippen molar-refractivity contribution < 1.29 is 19.4 Å². The first-order valence-electron chi connectivity index (χ1n) is 5.50. The van der Waals surface area contributed by atoms with Crippen molar-refractivity contribution in [2.45, 2.75) is 6.10 Å². The predicted molar refractivity (Wildman–Crippen MR) is 67.5 cm³/mol. The predicted octanol–water partition coefficient (Wildman–Crippen LogP) is 2.05. The third-order valence-corrected chi connectivity index (χ3v) is 2.85. The van der Waals surface area contributed by atoms with Crippen LogP contribution in [0.3, 0.4) is 0 Å². The van der Waals surface area contributed by atoms with Gasteiger partial charge in [0.05, 0.1) is 14.2 Å². The van der Waals surface area contributed by atoms with Gasteiger partial charge < -0.3 is 14.6 Å². The zero-order valence-electron chi connectivity index (χ0n) is 10.2. The van der Waals surface area contributed by atoms with E-state index in [1.165, 1.54) is 14.2 Å². The molecule has 0 aliphatic carbocycles. The van der Waals surface area contributed by atoms with Gasteiger partial charge in [0.15, 0.2) is 6.10 Å². The van der Waals surface area contributed by atoms with E-state index in [2.05, 4.69) is 4.74 Å². The molecule has 0 aliphatic rings. The minimum atomic E-state index is -1.35. The average molecular weight is 246 g/mol. The van der Waals surface area contributed by atoms with Crippen molar-refractivity contribution in [3.8, 4) is 5.75 Å². The van der Waals surface area contributed by atoms with Gasteiger partial charge >= 0.3 is 5.97 Å². The highest BCUT2D eigenvalue weighted by atomic mass is 16.5. The zero-order chi connectivity index (χ0) is 13.1. The minimum absolute atomic E-state index is 0.433. The lowest BCUT2D eigenvalue weighted by Gasteiger charge is -2.15. The molecule has 4 heteroatoms. The topological polar surface area (TPSA) is 55.8 Å². The SMILES string of the molecule is COC(=O)C(O)c1c(OC)ccc2ccccc12. The molecule has 0 saturated carbocycles. The third kappa shape index (κ3) is 2.02. The van der Waals surface area contributed by atoms with E-state index in [-0.39, 0.29) is 0 Å². The van der Waals surface area contributed by atoms with Crippen molar-refractivity contribution in [2.75, 3.05) is 14.2 Å². The van der Waals surface area contributed by atoms with Crippen molar-refractivity contribution in [1.82, 2.24) is 0 Å². The van der Waals surface area contributed by atoms with Crippen LogP contribution in [0.2, 0.25) is 0 Å². The zero-order valence-corrected chi connectivity index (χ0v) is 10.2. The molecule has 4 nitrogen and oxygen atoms in total. The number of esters is 1. The smallest absolute Gasteiger partial charge is 0.339 e. The second kappa shape index (κ2) is 5.06. The van der Waals surface area contributed by atoms with Gasteiger partial charge in [-0.25, -0.2) is 4.79 Å². The van der Waals surface area contributed by atoms with Gasteiger partial charge in [0.1, 0.15) is 5.75 Å². The molecule has 2 aromatic carbocycles. The molecule has 0 heterocycles. The van der Waals surface area contributed by atoms with E-state index in [9.17, 15) is 9.90 Å². The monoisotopic (exact) mass is 246 g/mol. The van der Waals surface area contributed by atoms with Crippen LogP contribution in [0.4, 0.5) is 0 Å². The Bertz CT molecular complexity index is 577. The summed E-state index contributed by atoms with van der Waals surface area (Å²) in [6.45, 7) is 0. The maximum absolute atomic E-state index is 11.5. The van der Waals surface area contributed by atoms with E-state index in [0.29, 0.717) is 11.3 Å². The van der Waals surface area contributed by atoms with E-state index in [4.69, 9.17) is 4.74 Å². The van der Waals surface area contributed by atoms with Crippen molar-refractivity contribution in [3.05, 3.63) is 42.0 Å². The number of benzene rings is 2. The fourth-order valence-corrected chi connectivity index (χ4v) is 1.97. The second-order valence-corrected chi connectivity index (χ2v) is 3.83. The second-order valence-electron chi connectivity index (χ2n) is 3.83. The number of fused-ring (bicyclic) bond motifs is 1. The Hall–Kier alpha value is -2.07. The Morgan fingerprint density at radius 3 is 2.56 bits per heavy atom. The van der Waals surface area contributed by atoms with Crippen LogP contribution >= 0.6 is 0 Å². The highest BCUT2D eigenvalue weighted by Crippen LogP contribution is 2.33. The molecule has 18 heavy (non-hydrogen) atoms. The largest absolute Gasteiger partial charge is 0.496 e. The van der Waals surface area contributed by atoms with Gasteiger partial charge in [0.2, 0.25) is 0 Å². The number of aliphatic hydroxyl groups is 1. The highest BCUT2D eigenvalue weighted by molar-refractivity contribution is 5.92. The Morgan fingerprint density at radius 1 is 1.17 bits per heavy atom. The molecule has 2 aromatic rings. The quantitative estimate of drug-likeness (QED) is 0.842. The molecule has 0 radical (unpaired) electrons. The molecule has 2 rings (SSSR count). The number of aliphatic hydroxyl groups excluding tert-OH is 1. The summed E-state index contributed by atoms with van der Waals surface area (Å²) in [5.41, 5.74) is 0.433. The summed E-state index contributed by atoms with van der Waals surface area (Å²) < 4.78 is 9.77. The van der Waals surface area contributed by atoms with Gasteiger partial charge in [-0.05, 0) is 16.8 Å². The van der Waals surface area contributed by atoms with Crippen LogP contribution in [-0.4, -0.2) is 25.3 Å². The van der Waals surface area contributed by atoms with Crippen LogP contribution in [-0.2, 0) is 9.53 Å². The van der Waals surface area contributed by atoms with Crippen LogP contribution in [0.1, 0.15) is 11.7 Å². The van der Waals surface area contributed by atoms with E-state index in [0.717, 1.165) is 10.8 Å². The van der Waals surface area contributed by atoms with Crippen LogP contribution in [0.5, 0.6) is 5.75 Å².